The molecule has 0 unspecified atom stereocenters. The number of nitrogens with zero attached hydrogens (tertiary/aromatic N) is 4. The highest BCUT2D eigenvalue weighted by Gasteiger charge is 2.22. The fourth-order valence-corrected chi connectivity index (χ4v) is 2.56. The fourth-order valence-electron chi connectivity index (χ4n) is 2.56. The Bertz CT molecular complexity index is 586. The predicted octanol–water partition coefficient (Wildman–Crippen LogP) is 0.587. The zero-order valence-corrected chi connectivity index (χ0v) is 13.3. The van der Waals surface area contributed by atoms with E-state index in [1.165, 1.54) is 0 Å². The molecule has 0 spiro atoms. The van der Waals surface area contributed by atoms with Crippen molar-refractivity contribution in [2.75, 3.05) is 32.0 Å². The summed E-state index contributed by atoms with van der Waals surface area (Å²) < 4.78 is 0. The molecule has 1 aromatic rings. The number of nitriles is 1. The summed E-state index contributed by atoms with van der Waals surface area (Å²) in [6.07, 6.45) is 1.83. The van der Waals surface area contributed by atoms with Gasteiger partial charge in [-0.3, -0.25) is 9.69 Å². The smallest absolute Gasteiger partial charge is 0.233 e. The molecule has 0 radical (unpaired) electrons. The Morgan fingerprint density at radius 2 is 2.05 bits per heavy atom. The minimum Gasteiger partial charge on any atom is -0.365 e. The molecule has 1 aromatic heterocycles. The Kier molecular flexibility index (Phi) is 5.28. The molecule has 0 saturated carbocycles. The van der Waals surface area contributed by atoms with Crippen LogP contribution < -0.4 is 10.6 Å². The Labute approximate surface area is 130 Å². The summed E-state index contributed by atoms with van der Waals surface area (Å²) in [5, 5.41) is 23.5. The van der Waals surface area contributed by atoms with Crippen molar-refractivity contribution < 1.29 is 4.79 Å². The van der Waals surface area contributed by atoms with Crippen molar-refractivity contribution in [3.05, 3.63) is 16.8 Å². The van der Waals surface area contributed by atoms with Gasteiger partial charge >= 0.3 is 0 Å². The maximum absolute atomic E-state index is 11.4. The van der Waals surface area contributed by atoms with Gasteiger partial charge in [0.1, 0.15) is 11.6 Å². The molecule has 1 saturated heterocycles. The number of amides is 1. The van der Waals surface area contributed by atoms with Gasteiger partial charge in [-0.2, -0.15) is 10.4 Å². The van der Waals surface area contributed by atoms with Crippen molar-refractivity contribution in [3.63, 3.8) is 0 Å². The van der Waals surface area contributed by atoms with Crippen molar-refractivity contribution in [1.82, 2.24) is 20.4 Å². The Hall–Kier alpha value is -2.20. The van der Waals surface area contributed by atoms with E-state index in [1.54, 1.807) is 7.05 Å². The van der Waals surface area contributed by atoms with Crippen LogP contribution in [0, 0.1) is 25.2 Å². The van der Waals surface area contributed by atoms with E-state index in [2.05, 4.69) is 31.8 Å². The van der Waals surface area contributed by atoms with E-state index in [9.17, 15) is 10.1 Å². The summed E-state index contributed by atoms with van der Waals surface area (Å²) >= 11 is 0. The second-order valence-electron chi connectivity index (χ2n) is 5.61. The van der Waals surface area contributed by atoms with Crippen LogP contribution in [-0.2, 0) is 4.79 Å². The van der Waals surface area contributed by atoms with E-state index < -0.39 is 0 Å². The van der Waals surface area contributed by atoms with Crippen molar-refractivity contribution in [1.29, 1.82) is 5.26 Å². The van der Waals surface area contributed by atoms with Gasteiger partial charge in [-0.1, -0.05) is 0 Å². The number of likely N-dealkylation sites (N-methyl/N-ethyl adjacent to an activating group) is 1. The van der Waals surface area contributed by atoms with Crippen LogP contribution in [0.1, 0.15) is 29.7 Å². The monoisotopic (exact) mass is 302 g/mol. The molecular formula is C15H22N6O. The van der Waals surface area contributed by atoms with Crippen LogP contribution in [0.4, 0.5) is 5.82 Å². The van der Waals surface area contributed by atoms with Gasteiger partial charge in [0, 0.05) is 26.2 Å². The highest BCUT2D eigenvalue weighted by molar-refractivity contribution is 5.77. The molecule has 0 aliphatic carbocycles. The normalized spacial score (nSPS) is 16.1. The molecule has 22 heavy (non-hydrogen) atoms. The molecule has 0 aromatic carbocycles. The molecule has 1 aliphatic rings. The molecule has 118 valence electrons. The number of aryl methyl sites for hydroxylation is 1. The summed E-state index contributed by atoms with van der Waals surface area (Å²) in [7, 11) is 1.65. The lowest BCUT2D eigenvalue weighted by Crippen LogP contribution is -2.43. The van der Waals surface area contributed by atoms with Crippen molar-refractivity contribution in [2.45, 2.75) is 32.7 Å². The Morgan fingerprint density at radius 1 is 1.36 bits per heavy atom. The lowest BCUT2D eigenvalue weighted by atomic mass is 10.0. The first-order chi connectivity index (χ1) is 10.5. The number of carbonyl (C=O) groups is 1. The molecular weight excluding hydrogens is 280 g/mol. The largest absolute Gasteiger partial charge is 0.365 e. The first-order valence-electron chi connectivity index (χ1n) is 7.48. The minimum absolute atomic E-state index is 0.0400. The van der Waals surface area contributed by atoms with Crippen molar-refractivity contribution in [3.8, 4) is 6.07 Å². The van der Waals surface area contributed by atoms with E-state index in [0.717, 1.165) is 37.2 Å². The van der Waals surface area contributed by atoms with Crippen LogP contribution in [0.15, 0.2) is 0 Å². The quantitative estimate of drug-likeness (QED) is 0.845. The molecule has 1 aliphatic heterocycles. The Morgan fingerprint density at radius 3 is 2.64 bits per heavy atom. The highest BCUT2D eigenvalue weighted by atomic mass is 16.1. The molecule has 2 heterocycles. The number of likely N-dealkylation sites (tertiary alicyclic amines) is 1. The SMILES string of the molecule is CNC(=O)CN1CCC(Nc2nnc(C)c(C)c2C#N)CC1. The van der Waals surface area contributed by atoms with Crippen molar-refractivity contribution in [2.24, 2.45) is 0 Å². The Balaban J connectivity index is 1.96. The topological polar surface area (TPSA) is 93.9 Å². The van der Waals surface area contributed by atoms with Gasteiger partial charge in [0.25, 0.3) is 0 Å². The van der Waals surface area contributed by atoms with Crippen LogP contribution in [0.2, 0.25) is 0 Å². The van der Waals surface area contributed by atoms with E-state index in [0.29, 0.717) is 17.9 Å². The lowest BCUT2D eigenvalue weighted by molar-refractivity contribution is -0.122. The third-order valence-corrected chi connectivity index (χ3v) is 4.14. The second-order valence-corrected chi connectivity index (χ2v) is 5.61. The summed E-state index contributed by atoms with van der Waals surface area (Å²) in [6, 6.07) is 2.46. The van der Waals surface area contributed by atoms with Crippen LogP contribution in [-0.4, -0.2) is 53.7 Å². The maximum Gasteiger partial charge on any atom is 0.233 e. The zero-order valence-electron chi connectivity index (χ0n) is 13.3. The molecule has 1 amide bonds. The maximum atomic E-state index is 11.4. The first kappa shape index (κ1) is 16.2. The molecule has 7 nitrogen and oxygen atoms in total. The van der Waals surface area contributed by atoms with Gasteiger partial charge in [0.15, 0.2) is 5.82 Å². The van der Waals surface area contributed by atoms with Crippen LogP contribution in [0.25, 0.3) is 0 Å². The average Bonchev–Trinajstić information content (AvgIpc) is 2.53. The summed E-state index contributed by atoms with van der Waals surface area (Å²) in [5.41, 5.74) is 2.22. The molecule has 1 fully saturated rings. The first-order valence-corrected chi connectivity index (χ1v) is 7.48. The van der Waals surface area contributed by atoms with E-state index in [-0.39, 0.29) is 11.9 Å². The number of rotatable bonds is 4. The number of piperidine rings is 1. The summed E-state index contributed by atoms with van der Waals surface area (Å²) in [6.45, 7) is 5.89. The van der Waals surface area contributed by atoms with Crippen LogP contribution >= 0.6 is 0 Å². The molecule has 2 rings (SSSR count). The van der Waals surface area contributed by atoms with Crippen LogP contribution in [0.5, 0.6) is 0 Å². The predicted molar refractivity (Wildman–Crippen MR) is 83.4 cm³/mol. The van der Waals surface area contributed by atoms with Crippen LogP contribution in [0.3, 0.4) is 0 Å². The number of hydrogen-bond acceptors (Lipinski definition) is 6. The van der Waals surface area contributed by atoms with Gasteiger partial charge < -0.3 is 10.6 Å². The standard InChI is InChI=1S/C15H22N6O/c1-10-11(2)19-20-15(13(10)8-16)18-12-4-6-21(7-5-12)9-14(22)17-3/h12H,4-7,9H2,1-3H3,(H,17,22)(H,18,20). The lowest BCUT2D eigenvalue weighted by Gasteiger charge is -2.32. The zero-order chi connectivity index (χ0) is 16.1. The van der Waals surface area contributed by atoms with E-state index >= 15 is 0 Å². The van der Waals surface area contributed by atoms with Gasteiger partial charge in [-0.15, -0.1) is 5.10 Å². The highest BCUT2D eigenvalue weighted by Crippen LogP contribution is 2.20. The molecule has 0 bridgehead atoms. The van der Waals surface area contributed by atoms with Gasteiger partial charge in [0.2, 0.25) is 5.91 Å². The summed E-state index contributed by atoms with van der Waals surface area (Å²) in [5.74, 6) is 0.605. The molecule has 7 heteroatoms. The minimum atomic E-state index is 0.0400. The third-order valence-electron chi connectivity index (χ3n) is 4.14. The number of hydrogen-bond donors (Lipinski definition) is 2. The molecule has 0 atom stereocenters. The van der Waals surface area contributed by atoms with Gasteiger partial charge in [-0.05, 0) is 32.3 Å². The fraction of sp³-hybridized carbons (Fsp3) is 0.600. The van der Waals surface area contributed by atoms with Gasteiger partial charge in [-0.25, -0.2) is 0 Å². The van der Waals surface area contributed by atoms with Crippen molar-refractivity contribution >= 4 is 11.7 Å². The second kappa shape index (κ2) is 7.18. The van der Waals surface area contributed by atoms with Gasteiger partial charge in [0.05, 0.1) is 12.2 Å². The summed E-state index contributed by atoms with van der Waals surface area (Å²) in [4.78, 5) is 13.5. The number of nitrogens with one attached hydrogen (secondary N) is 2. The van der Waals surface area contributed by atoms with E-state index in [4.69, 9.17) is 0 Å². The number of aromatic nitrogens is 2. The molecule has 2 N–H and O–H groups in total. The third kappa shape index (κ3) is 3.71. The number of carbonyl (C=O) groups excluding carboxylic acids is 1. The average molecular weight is 302 g/mol. The number of anilines is 1. The van der Waals surface area contributed by atoms with E-state index in [1.807, 2.05) is 13.8 Å².